The second-order valence-corrected chi connectivity index (χ2v) is 7.66. The highest BCUT2D eigenvalue weighted by atomic mass is 19.4. The minimum atomic E-state index is -4.48. The van der Waals surface area contributed by atoms with E-state index in [9.17, 15) is 18.0 Å². The molecule has 27 heavy (non-hydrogen) atoms. The third kappa shape index (κ3) is 5.45. The number of hydrogen-bond acceptors (Lipinski definition) is 5. The first-order chi connectivity index (χ1) is 12.3. The van der Waals surface area contributed by atoms with Crippen LogP contribution in [0.25, 0.3) is 0 Å². The van der Waals surface area contributed by atoms with Gasteiger partial charge in [-0.3, -0.25) is 4.79 Å². The number of carbonyl (C=O) groups excluding carboxylic acids is 1. The molecule has 148 valence electrons. The highest BCUT2D eigenvalue weighted by Gasteiger charge is 2.32. The predicted octanol–water partition coefficient (Wildman–Crippen LogP) is 3.82. The summed E-state index contributed by atoms with van der Waals surface area (Å²) < 4.78 is 48.5. The van der Waals surface area contributed by atoms with Gasteiger partial charge in [0.15, 0.2) is 12.4 Å². The van der Waals surface area contributed by atoms with Crippen molar-refractivity contribution in [1.82, 2.24) is 15.5 Å². The summed E-state index contributed by atoms with van der Waals surface area (Å²) in [6.07, 6.45) is -4.48. The Morgan fingerprint density at radius 3 is 2.41 bits per heavy atom. The average Bonchev–Trinajstić information content (AvgIpc) is 3.03. The Morgan fingerprint density at radius 2 is 1.85 bits per heavy atom. The summed E-state index contributed by atoms with van der Waals surface area (Å²) in [5.74, 6) is 0.145. The monoisotopic (exact) mass is 385 g/mol. The molecule has 9 heteroatoms. The van der Waals surface area contributed by atoms with Crippen LogP contribution in [0.2, 0.25) is 0 Å². The number of rotatable bonds is 5. The molecule has 0 radical (unpaired) electrons. The molecule has 0 bridgehead atoms. The summed E-state index contributed by atoms with van der Waals surface area (Å²) in [6, 6.07) is 4.34. The van der Waals surface area contributed by atoms with Gasteiger partial charge in [0.2, 0.25) is 5.89 Å². The fraction of sp³-hybridized carbons (Fsp3) is 0.500. The van der Waals surface area contributed by atoms with E-state index in [1.54, 1.807) is 13.8 Å². The molecule has 0 atom stereocenters. The maximum atomic E-state index is 12.7. The van der Waals surface area contributed by atoms with Crippen molar-refractivity contribution in [2.45, 2.75) is 51.7 Å². The van der Waals surface area contributed by atoms with Gasteiger partial charge in [-0.1, -0.05) is 32.0 Å². The first-order valence-corrected chi connectivity index (χ1v) is 8.25. The Labute approximate surface area is 155 Å². The van der Waals surface area contributed by atoms with E-state index in [4.69, 9.17) is 9.26 Å². The number of ether oxygens (including phenoxy) is 1. The first kappa shape index (κ1) is 20.7. The van der Waals surface area contributed by atoms with Crippen LogP contribution in [0.5, 0.6) is 5.75 Å². The van der Waals surface area contributed by atoms with E-state index in [2.05, 4.69) is 15.5 Å². The van der Waals surface area contributed by atoms with Crippen LogP contribution < -0.4 is 10.1 Å². The van der Waals surface area contributed by atoms with Crippen LogP contribution in [0.15, 0.2) is 28.8 Å². The Hall–Kier alpha value is -2.58. The molecule has 1 aromatic carbocycles. The lowest BCUT2D eigenvalue weighted by Gasteiger charge is -2.22. The topological polar surface area (TPSA) is 77.2 Å². The number of halogens is 3. The van der Waals surface area contributed by atoms with Gasteiger partial charge in [0.25, 0.3) is 5.91 Å². The molecule has 6 nitrogen and oxygen atoms in total. The maximum absolute atomic E-state index is 12.7. The maximum Gasteiger partial charge on any atom is 0.416 e. The van der Waals surface area contributed by atoms with Gasteiger partial charge in [-0.05, 0) is 32.0 Å². The highest BCUT2D eigenvalue weighted by molar-refractivity contribution is 5.78. The molecule has 2 rings (SSSR count). The number of hydrogen-bond donors (Lipinski definition) is 1. The Morgan fingerprint density at radius 1 is 1.19 bits per heavy atom. The minimum Gasteiger partial charge on any atom is -0.484 e. The molecule has 1 N–H and O–H groups in total. The molecule has 0 aliphatic heterocycles. The van der Waals surface area contributed by atoms with Crippen molar-refractivity contribution < 1.29 is 27.2 Å². The smallest absolute Gasteiger partial charge is 0.416 e. The Balaban J connectivity index is 2.00. The van der Waals surface area contributed by atoms with Crippen molar-refractivity contribution in [1.29, 1.82) is 0 Å². The van der Waals surface area contributed by atoms with Crippen molar-refractivity contribution in [3.8, 4) is 5.75 Å². The fourth-order valence-electron chi connectivity index (χ4n) is 2.13. The van der Waals surface area contributed by atoms with Crippen LogP contribution >= 0.6 is 0 Å². The fourth-order valence-corrected chi connectivity index (χ4v) is 2.13. The van der Waals surface area contributed by atoms with E-state index in [0.29, 0.717) is 11.7 Å². The average molecular weight is 385 g/mol. The van der Waals surface area contributed by atoms with Crippen LogP contribution in [0.1, 0.15) is 51.9 Å². The molecule has 0 aliphatic carbocycles. The van der Waals surface area contributed by atoms with Gasteiger partial charge in [0.05, 0.1) is 11.1 Å². The molecule has 0 aliphatic rings. The molecule has 0 unspecified atom stereocenters. The second-order valence-electron chi connectivity index (χ2n) is 7.66. The second kappa shape index (κ2) is 7.21. The third-order valence-corrected chi connectivity index (χ3v) is 3.61. The van der Waals surface area contributed by atoms with Crippen LogP contribution in [-0.4, -0.2) is 22.7 Å². The van der Waals surface area contributed by atoms with Crippen LogP contribution in [0, 0.1) is 0 Å². The lowest BCUT2D eigenvalue weighted by molar-refractivity contribution is -0.137. The number of aromatic nitrogens is 2. The van der Waals surface area contributed by atoms with Gasteiger partial charge in [0, 0.05) is 5.41 Å². The van der Waals surface area contributed by atoms with E-state index in [1.807, 2.05) is 20.8 Å². The molecular formula is C18H22F3N3O3. The van der Waals surface area contributed by atoms with Crippen molar-refractivity contribution in [3.05, 3.63) is 41.5 Å². The minimum absolute atomic E-state index is 0.0487. The number of amides is 1. The highest BCUT2D eigenvalue weighted by Crippen LogP contribution is 2.31. The normalized spacial score (nSPS) is 12.7. The summed E-state index contributed by atoms with van der Waals surface area (Å²) in [7, 11) is 0. The number of carbonyl (C=O) groups is 1. The van der Waals surface area contributed by atoms with Crippen molar-refractivity contribution >= 4 is 5.91 Å². The Bertz CT molecular complexity index is 808. The number of nitrogens with zero attached hydrogens (tertiary/aromatic N) is 2. The number of nitrogens with one attached hydrogen (secondary N) is 1. The summed E-state index contributed by atoms with van der Waals surface area (Å²) in [5.41, 5.74) is -2.12. The van der Waals surface area contributed by atoms with E-state index in [1.165, 1.54) is 12.1 Å². The number of alkyl halides is 3. The van der Waals surface area contributed by atoms with E-state index >= 15 is 0 Å². The molecule has 0 spiro atoms. The molecule has 2 aromatic rings. The van der Waals surface area contributed by atoms with E-state index in [-0.39, 0.29) is 11.2 Å². The predicted molar refractivity (Wildman–Crippen MR) is 91.1 cm³/mol. The van der Waals surface area contributed by atoms with Crippen LogP contribution in [-0.2, 0) is 21.9 Å². The van der Waals surface area contributed by atoms with Gasteiger partial charge in [-0.25, -0.2) is 0 Å². The molecule has 1 aromatic heterocycles. The van der Waals surface area contributed by atoms with Gasteiger partial charge in [-0.15, -0.1) is 0 Å². The van der Waals surface area contributed by atoms with Crippen LogP contribution in [0.4, 0.5) is 13.2 Å². The summed E-state index contributed by atoms with van der Waals surface area (Å²) >= 11 is 0. The van der Waals surface area contributed by atoms with Crippen molar-refractivity contribution in [3.63, 3.8) is 0 Å². The standard InChI is InChI=1S/C18H22F3N3O3/c1-16(2,3)15-22-14(24-27-15)17(4,5)23-13(25)10-26-12-8-6-7-11(9-12)18(19,20)21/h6-9H,10H2,1-5H3,(H,23,25). The first-order valence-electron chi connectivity index (χ1n) is 8.25. The third-order valence-electron chi connectivity index (χ3n) is 3.61. The van der Waals surface area contributed by atoms with Gasteiger partial charge in [0.1, 0.15) is 5.75 Å². The van der Waals surface area contributed by atoms with Gasteiger partial charge >= 0.3 is 6.18 Å². The summed E-state index contributed by atoms with van der Waals surface area (Å²) in [4.78, 5) is 16.5. The van der Waals surface area contributed by atoms with Crippen molar-refractivity contribution in [2.75, 3.05) is 6.61 Å². The Kier molecular flexibility index (Phi) is 5.53. The van der Waals surface area contributed by atoms with E-state index < -0.39 is 29.8 Å². The van der Waals surface area contributed by atoms with E-state index in [0.717, 1.165) is 12.1 Å². The summed E-state index contributed by atoms with van der Waals surface area (Å²) in [5, 5.41) is 6.58. The number of benzene rings is 1. The van der Waals surface area contributed by atoms with Gasteiger partial charge in [-0.2, -0.15) is 18.2 Å². The molecule has 0 saturated carbocycles. The zero-order valence-corrected chi connectivity index (χ0v) is 15.8. The SMILES string of the molecule is CC(C)(C)c1nc(C(C)(C)NC(=O)COc2cccc(C(F)(F)F)c2)no1. The molecule has 0 fully saturated rings. The molecular weight excluding hydrogens is 363 g/mol. The summed E-state index contributed by atoms with van der Waals surface area (Å²) in [6.45, 7) is 8.67. The van der Waals surface area contributed by atoms with Crippen molar-refractivity contribution in [2.24, 2.45) is 0 Å². The quantitative estimate of drug-likeness (QED) is 0.847. The molecule has 1 amide bonds. The zero-order valence-electron chi connectivity index (χ0n) is 15.8. The lowest BCUT2D eigenvalue weighted by atomic mass is 9.97. The van der Waals surface area contributed by atoms with Gasteiger partial charge < -0.3 is 14.6 Å². The molecule has 0 saturated heterocycles. The largest absolute Gasteiger partial charge is 0.484 e. The van der Waals surface area contributed by atoms with Crippen LogP contribution in [0.3, 0.4) is 0 Å². The zero-order chi connectivity index (χ0) is 20.5. The lowest BCUT2D eigenvalue weighted by Crippen LogP contribution is -2.44. The molecule has 1 heterocycles.